The Morgan fingerprint density at radius 1 is 1.17 bits per heavy atom. The molecule has 0 amide bonds. The fourth-order valence-corrected chi connectivity index (χ4v) is 3.47. The predicted octanol–water partition coefficient (Wildman–Crippen LogP) is 4.47. The molecule has 0 saturated carbocycles. The van der Waals surface area contributed by atoms with Crippen LogP contribution in [0.4, 0.5) is 19.0 Å². The minimum Gasteiger partial charge on any atom is -0.394 e. The zero-order valence-electron chi connectivity index (χ0n) is 16.4. The van der Waals surface area contributed by atoms with E-state index in [-0.39, 0.29) is 6.61 Å². The summed E-state index contributed by atoms with van der Waals surface area (Å²) in [5.41, 5.74) is 1.34. The molecular formula is C21H20F3N5O. The number of alkyl halides is 3. The summed E-state index contributed by atoms with van der Waals surface area (Å²) in [5.74, 6) is 1.07. The van der Waals surface area contributed by atoms with E-state index in [1.807, 2.05) is 12.1 Å². The summed E-state index contributed by atoms with van der Waals surface area (Å²) < 4.78 is 40.9. The van der Waals surface area contributed by atoms with Gasteiger partial charge < -0.3 is 10.4 Å². The lowest BCUT2D eigenvalue weighted by atomic mass is 10.0. The maximum absolute atomic E-state index is 13.1. The summed E-state index contributed by atoms with van der Waals surface area (Å²) >= 11 is 0. The maximum atomic E-state index is 13.1. The molecule has 6 nitrogen and oxygen atoms in total. The quantitative estimate of drug-likeness (QED) is 0.503. The Labute approximate surface area is 170 Å². The SMILES string of the molecule is Cc1nc(N[C@H](C)c2cccc(C(F)(F)F)c2)c2cc3c(cnn3CCO)cc2n1. The van der Waals surface area contributed by atoms with E-state index in [1.165, 1.54) is 6.07 Å². The zero-order valence-corrected chi connectivity index (χ0v) is 16.4. The van der Waals surface area contributed by atoms with Gasteiger partial charge in [-0.1, -0.05) is 12.1 Å². The van der Waals surface area contributed by atoms with E-state index in [2.05, 4.69) is 20.4 Å². The summed E-state index contributed by atoms with van der Waals surface area (Å²) in [6, 6.07) is 8.60. The first kappa shape index (κ1) is 20.1. The molecule has 4 aromatic rings. The molecule has 0 aliphatic rings. The smallest absolute Gasteiger partial charge is 0.394 e. The number of nitrogens with zero attached hydrogens (tertiary/aromatic N) is 4. The third-order valence-electron chi connectivity index (χ3n) is 4.95. The van der Waals surface area contributed by atoms with Crippen LogP contribution < -0.4 is 5.32 Å². The van der Waals surface area contributed by atoms with Gasteiger partial charge in [0.15, 0.2) is 0 Å². The highest BCUT2D eigenvalue weighted by Crippen LogP contribution is 2.32. The molecule has 0 aliphatic carbocycles. The topological polar surface area (TPSA) is 75.9 Å². The van der Waals surface area contributed by atoms with Crippen molar-refractivity contribution >= 4 is 27.6 Å². The molecule has 0 bridgehead atoms. The molecule has 2 heterocycles. The Bertz CT molecular complexity index is 1220. The van der Waals surface area contributed by atoms with Gasteiger partial charge >= 0.3 is 6.18 Å². The highest BCUT2D eigenvalue weighted by Gasteiger charge is 2.30. The molecule has 9 heteroatoms. The third-order valence-corrected chi connectivity index (χ3v) is 4.95. The van der Waals surface area contributed by atoms with Gasteiger partial charge in [-0.3, -0.25) is 4.68 Å². The molecule has 156 valence electrons. The Hall–Kier alpha value is -3.20. The number of hydrogen-bond acceptors (Lipinski definition) is 5. The van der Waals surface area contributed by atoms with Crippen molar-refractivity contribution in [2.45, 2.75) is 32.6 Å². The highest BCUT2D eigenvalue weighted by atomic mass is 19.4. The molecule has 4 rings (SSSR count). The minimum atomic E-state index is -4.40. The van der Waals surface area contributed by atoms with Gasteiger partial charge in [0, 0.05) is 16.8 Å². The van der Waals surface area contributed by atoms with E-state index in [0.29, 0.717) is 29.3 Å². The van der Waals surface area contributed by atoms with Crippen molar-refractivity contribution in [2.75, 3.05) is 11.9 Å². The number of anilines is 1. The maximum Gasteiger partial charge on any atom is 0.416 e. The van der Waals surface area contributed by atoms with Crippen molar-refractivity contribution < 1.29 is 18.3 Å². The third kappa shape index (κ3) is 3.80. The Morgan fingerprint density at radius 3 is 2.70 bits per heavy atom. The van der Waals surface area contributed by atoms with Crippen molar-refractivity contribution in [1.29, 1.82) is 0 Å². The van der Waals surface area contributed by atoms with Crippen LogP contribution in [-0.4, -0.2) is 31.5 Å². The number of aliphatic hydroxyl groups excluding tert-OH is 1. The molecule has 0 radical (unpaired) electrons. The molecule has 0 saturated heterocycles. The molecule has 1 atom stereocenters. The fourth-order valence-electron chi connectivity index (χ4n) is 3.47. The summed E-state index contributed by atoms with van der Waals surface area (Å²) in [6.45, 7) is 3.86. The van der Waals surface area contributed by atoms with Crippen molar-refractivity contribution in [1.82, 2.24) is 19.7 Å². The van der Waals surface area contributed by atoms with Crippen LogP contribution in [0.1, 0.15) is 29.9 Å². The minimum absolute atomic E-state index is 0.0447. The molecular weight excluding hydrogens is 395 g/mol. The number of hydrogen-bond donors (Lipinski definition) is 2. The molecule has 30 heavy (non-hydrogen) atoms. The largest absolute Gasteiger partial charge is 0.416 e. The fraction of sp³-hybridized carbons (Fsp3) is 0.286. The van der Waals surface area contributed by atoms with Gasteiger partial charge in [-0.2, -0.15) is 18.3 Å². The number of aryl methyl sites for hydroxylation is 1. The molecule has 0 unspecified atom stereocenters. The molecule has 2 aromatic carbocycles. The normalized spacial score (nSPS) is 13.1. The van der Waals surface area contributed by atoms with E-state index in [4.69, 9.17) is 0 Å². The van der Waals surface area contributed by atoms with Crippen LogP contribution in [0, 0.1) is 6.92 Å². The van der Waals surface area contributed by atoms with E-state index < -0.39 is 17.8 Å². The Morgan fingerprint density at radius 2 is 1.97 bits per heavy atom. The average Bonchev–Trinajstić information content (AvgIpc) is 3.08. The molecule has 0 spiro atoms. The van der Waals surface area contributed by atoms with Gasteiger partial charge in [0.05, 0.1) is 35.9 Å². The lowest BCUT2D eigenvalue weighted by Gasteiger charge is -2.18. The van der Waals surface area contributed by atoms with Crippen molar-refractivity contribution in [3.8, 4) is 0 Å². The second kappa shape index (κ2) is 7.56. The zero-order chi connectivity index (χ0) is 21.5. The van der Waals surface area contributed by atoms with Crippen LogP contribution in [0.2, 0.25) is 0 Å². The lowest BCUT2D eigenvalue weighted by Crippen LogP contribution is -2.12. The molecule has 0 aliphatic heterocycles. The number of aromatic nitrogens is 4. The number of rotatable bonds is 5. The first-order valence-electron chi connectivity index (χ1n) is 9.45. The second-order valence-electron chi connectivity index (χ2n) is 7.13. The summed E-state index contributed by atoms with van der Waals surface area (Å²) in [4.78, 5) is 8.96. The molecule has 2 N–H and O–H groups in total. The number of aliphatic hydroxyl groups is 1. The number of nitrogens with one attached hydrogen (secondary N) is 1. The highest BCUT2D eigenvalue weighted by molar-refractivity contribution is 5.99. The first-order valence-corrected chi connectivity index (χ1v) is 9.45. The van der Waals surface area contributed by atoms with Crippen LogP contribution in [0.3, 0.4) is 0 Å². The number of fused-ring (bicyclic) bond motifs is 2. The van der Waals surface area contributed by atoms with Gasteiger partial charge in [0.2, 0.25) is 0 Å². The van der Waals surface area contributed by atoms with Gasteiger partial charge in [0.25, 0.3) is 0 Å². The summed E-state index contributed by atoms with van der Waals surface area (Å²) in [5, 5.41) is 18.4. The van der Waals surface area contributed by atoms with Crippen molar-refractivity contribution in [2.24, 2.45) is 0 Å². The van der Waals surface area contributed by atoms with Gasteiger partial charge in [0.1, 0.15) is 11.6 Å². The van der Waals surface area contributed by atoms with E-state index in [0.717, 1.165) is 28.4 Å². The van der Waals surface area contributed by atoms with Gasteiger partial charge in [-0.05, 0) is 43.7 Å². The summed E-state index contributed by atoms with van der Waals surface area (Å²) in [6.07, 6.45) is -2.69. The predicted molar refractivity (Wildman–Crippen MR) is 108 cm³/mol. The Kier molecular flexibility index (Phi) is 5.07. The molecule has 2 aromatic heterocycles. The lowest BCUT2D eigenvalue weighted by molar-refractivity contribution is -0.137. The van der Waals surface area contributed by atoms with Gasteiger partial charge in [-0.25, -0.2) is 9.97 Å². The van der Waals surface area contributed by atoms with Gasteiger partial charge in [-0.15, -0.1) is 0 Å². The van der Waals surface area contributed by atoms with Crippen molar-refractivity contribution in [3.63, 3.8) is 0 Å². The average molecular weight is 415 g/mol. The summed E-state index contributed by atoms with van der Waals surface area (Å²) in [7, 11) is 0. The van der Waals surface area contributed by atoms with Crippen LogP contribution in [-0.2, 0) is 12.7 Å². The standard InChI is InChI=1S/C21H20F3N5O/c1-12(14-4-3-5-16(8-14)21(22,23)24)26-20-17-10-19-15(11-25-29(19)6-7-30)9-18(17)27-13(2)28-20/h3-5,8-12,30H,6-7H2,1-2H3,(H,26,27,28)/t12-/m1/s1. The van der Waals surface area contributed by atoms with Crippen LogP contribution in [0.25, 0.3) is 21.8 Å². The Balaban J connectivity index is 1.76. The van der Waals surface area contributed by atoms with Crippen LogP contribution >= 0.6 is 0 Å². The van der Waals surface area contributed by atoms with E-state index in [1.54, 1.807) is 30.8 Å². The number of halogens is 3. The molecule has 0 fully saturated rings. The van der Waals surface area contributed by atoms with E-state index >= 15 is 0 Å². The van der Waals surface area contributed by atoms with Crippen LogP contribution in [0.5, 0.6) is 0 Å². The van der Waals surface area contributed by atoms with Crippen molar-refractivity contribution in [3.05, 3.63) is 59.5 Å². The first-order chi connectivity index (χ1) is 14.3. The van der Waals surface area contributed by atoms with Crippen LogP contribution in [0.15, 0.2) is 42.6 Å². The monoisotopic (exact) mass is 415 g/mol. The van der Waals surface area contributed by atoms with E-state index in [9.17, 15) is 18.3 Å². The second-order valence-corrected chi connectivity index (χ2v) is 7.13. The number of benzene rings is 2.